The molecule has 2 aromatic heterocycles. The zero-order valence-corrected chi connectivity index (χ0v) is 11.4. The van der Waals surface area contributed by atoms with E-state index in [1.54, 1.807) is 11.3 Å². The molecule has 0 saturated heterocycles. The fourth-order valence-electron chi connectivity index (χ4n) is 2.37. The van der Waals surface area contributed by atoms with Gasteiger partial charge in [0.25, 0.3) is 0 Å². The first-order valence-corrected chi connectivity index (χ1v) is 7.03. The maximum Gasteiger partial charge on any atom is 0.0811 e. The highest BCUT2D eigenvalue weighted by atomic mass is 32.1. The lowest BCUT2D eigenvalue weighted by atomic mass is 9.99. The normalized spacial score (nSPS) is 12.7. The first-order valence-electron chi connectivity index (χ1n) is 6.15. The Kier molecular flexibility index (Phi) is 3.29. The number of rotatable bonds is 3. The fraction of sp³-hybridized carbons (Fsp3) is 0.133. The first-order chi connectivity index (χ1) is 9.31. The van der Waals surface area contributed by atoms with Crippen molar-refractivity contribution in [2.24, 2.45) is 5.84 Å². The van der Waals surface area contributed by atoms with Gasteiger partial charge in [0.05, 0.1) is 11.6 Å². The van der Waals surface area contributed by atoms with E-state index in [1.165, 1.54) is 16.0 Å². The quantitative estimate of drug-likeness (QED) is 0.567. The van der Waals surface area contributed by atoms with Crippen LogP contribution in [0.5, 0.6) is 0 Å². The Morgan fingerprint density at radius 1 is 1.21 bits per heavy atom. The molecule has 0 aliphatic rings. The summed E-state index contributed by atoms with van der Waals surface area (Å²) in [5.41, 5.74) is 6.35. The molecule has 2 heterocycles. The zero-order chi connectivity index (χ0) is 13.2. The maximum absolute atomic E-state index is 5.79. The molecule has 0 aliphatic carbocycles. The second-order valence-electron chi connectivity index (χ2n) is 4.48. The zero-order valence-electron chi connectivity index (χ0n) is 10.6. The summed E-state index contributed by atoms with van der Waals surface area (Å²) in [5.74, 6) is 5.79. The molecule has 0 bridgehead atoms. The van der Waals surface area contributed by atoms with Gasteiger partial charge < -0.3 is 0 Å². The van der Waals surface area contributed by atoms with Crippen molar-refractivity contribution in [3.05, 3.63) is 64.0 Å². The lowest BCUT2D eigenvalue weighted by Gasteiger charge is -2.18. The molecule has 1 aromatic carbocycles. The Balaban J connectivity index is 2.20. The van der Waals surface area contributed by atoms with Gasteiger partial charge in [0.15, 0.2) is 0 Å². The molecule has 1 atom stereocenters. The monoisotopic (exact) mass is 269 g/mol. The molecule has 0 aliphatic heterocycles. The van der Waals surface area contributed by atoms with Crippen LogP contribution in [-0.2, 0) is 0 Å². The minimum atomic E-state index is 0.00731. The standard InChI is InChI=1S/C15H15N3S/c1-10-7-9-19-15(10)14(18-16)12-4-2-6-13-11(12)5-3-8-17-13/h2-9,14,18H,16H2,1H3. The van der Waals surface area contributed by atoms with Crippen LogP contribution < -0.4 is 11.3 Å². The number of aromatic nitrogens is 1. The van der Waals surface area contributed by atoms with Gasteiger partial charge in [0.2, 0.25) is 0 Å². The average molecular weight is 269 g/mol. The van der Waals surface area contributed by atoms with E-state index in [0.717, 1.165) is 10.9 Å². The SMILES string of the molecule is Cc1ccsc1C(NN)c1cccc2ncccc12. The van der Waals surface area contributed by atoms with Gasteiger partial charge in [-0.15, -0.1) is 11.3 Å². The van der Waals surface area contributed by atoms with E-state index in [4.69, 9.17) is 5.84 Å². The van der Waals surface area contributed by atoms with Crippen LogP contribution in [-0.4, -0.2) is 4.98 Å². The van der Waals surface area contributed by atoms with E-state index in [9.17, 15) is 0 Å². The minimum absolute atomic E-state index is 0.00731. The number of thiophene rings is 1. The van der Waals surface area contributed by atoms with Crippen molar-refractivity contribution in [1.82, 2.24) is 10.4 Å². The summed E-state index contributed by atoms with van der Waals surface area (Å²) < 4.78 is 0. The Bertz CT molecular complexity index is 700. The van der Waals surface area contributed by atoms with Crippen molar-refractivity contribution >= 4 is 22.2 Å². The lowest BCUT2D eigenvalue weighted by molar-refractivity contribution is 0.648. The van der Waals surface area contributed by atoms with E-state index in [1.807, 2.05) is 24.4 Å². The first kappa shape index (κ1) is 12.3. The summed E-state index contributed by atoms with van der Waals surface area (Å²) in [6, 6.07) is 12.3. The molecule has 96 valence electrons. The summed E-state index contributed by atoms with van der Waals surface area (Å²) in [5, 5.41) is 3.24. The predicted molar refractivity (Wildman–Crippen MR) is 80.0 cm³/mol. The highest BCUT2D eigenvalue weighted by Gasteiger charge is 2.18. The van der Waals surface area contributed by atoms with E-state index >= 15 is 0 Å². The number of hydrogen-bond acceptors (Lipinski definition) is 4. The van der Waals surface area contributed by atoms with Crippen molar-refractivity contribution in [3.63, 3.8) is 0 Å². The van der Waals surface area contributed by atoms with Gasteiger partial charge in [0.1, 0.15) is 0 Å². The molecule has 0 saturated carbocycles. The van der Waals surface area contributed by atoms with Crippen molar-refractivity contribution in [1.29, 1.82) is 0 Å². The Morgan fingerprint density at radius 2 is 2.11 bits per heavy atom. The van der Waals surface area contributed by atoms with E-state index < -0.39 is 0 Å². The van der Waals surface area contributed by atoms with Gasteiger partial charge in [0, 0.05) is 16.5 Å². The average Bonchev–Trinajstić information content (AvgIpc) is 2.86. The van der Waals surface area contributed by atoms with Gasteiger partial charge in [-0.05, 0) is 41.6 Å². The molecule has 3 rings (SSSR count). The Morgan fingerprint density at radius 3 is 2.84 bits per heavy atom. The van der Waals surface area contributed by atoms with Crippen LogP contribution in [0.25, 0.3) is 10.9 Å². The van der Waals surface area contributed by atoms with Crippen molar-refractivity contribution < 1.29 is 0 Å². The van der Waals surface area contributed by atoms with Gasteiger partial charge in [-0.1, -0.05) is 18.2 Å². The molecule has 1 unspecified atom stereocenters. The molecular weight excluding hydrogens is 254 g/mol. The summed E-state index contributed by atoms with van der Waals surface area (Å²) >= 11 is 1.72. The van der Waals surface area contributed by atoms with Crippen molar-refractivity contribution in [2.45, 2.75) is 13.0 Å². The molecular formula is C15H15N3S. The van der Waals surface area contributed by atoms with Gasteiger partial charge in [-0.2, -0.15) is 0 Å². The Hall–Kier alpha value is -1.75. The molecule has 3 N–H and O–H groups in total. The number of hydrazine groups is 1. The maximum atomic E-state index is 5.79. The van der Waals surface area contributed by atoms with Crippen molar-refractivity contribution in [2.75, 3.05) is 0 Å². The molecule has 3 nitrogen and oxygen atoms in total. The van der Waals surface area contributed by atoms with Crippen LogP contribution in [0, 0.1) is 6.92 Å². The largest absolute Gasteiger partial charge is 0.271 e. The fourth-order valence-corrected chi connectivity index (χ4v) is 3.37. The van der Waals surface area contributed by atoms with Crippen LogP contribution in [0.2, 0.25) is 0 Å². The molecule has 0 spiro atoms. The number of fused-ring (bicyclic) bond motifs is 1. The predicted octanol–water partition coefficient (Wildman–Crippen LogP) is 3.16. The second kappa shape index (κ2) is 5.09. The van der Waals surface area contributed by atoms with E-state index in [2.05, 4.69) is 40.9 Å². The summed E-state index contributed by atoms with van der Waals surface area (Å²) in [6.07, 6.45) is 1.81. The minimum Gasteiger partial charge on any atom is -0.271 e. The third-order valence-corrected chi connectivity index (χ3v) is 4.40. The van der Waals surface area contributed by atoms with E-state index in [0.29, 0.717) is 0 Å². The molecule has 0 amide bonds. The number of aryl methyl sites for hydroxylation is 1. The van der Waals surface area contributed by atoms with Crippen LogP contribution >= 0.6 is 11.3 Å². The van der Waals surface area contributed by atoms with Crippen LogP contribution in [0.1, 0.15) is 22.0 Å². The topological polar surface area (TPSA) is 50.9 Å². The summed E-state index contributed by atoms with van der Waals surface area (Å²) in [6.45, 7) is 2.11. The van der Waals surface area contributed by atoms with Gasteiger partial charge in [-0.3, -0.25) is 10.8 Å². The lowest BCUT2D eigenvalue weighted by Crippen LogP contribution is -2.28. The van der Waals surface area contributed by atoms with E-state index in [-0.39, 0.29) is 6.04 Å². The molecule has 4 heteroatoms. The van der Waals surface area contributed by atoms with Gasteiger partial charge >= 0.3 is 0 Å². The third-order valence-electron chi connectivity index (χ3n) is 3.32. The number of nitrogens with zero attached hydrogens (tertiary/aromatic N) is 1. The molecule has 0 radical (unpaired) electrons. The number of nitrogens with one attached hydrogen (secondary N) is 1. The van der Waals surface area contributed by atoms with Gasteiger partial charge in [-0.25, -0.2) is 5.43 Å². The highest BCUT2D eigenvalue weighted by Crippen LogP contribution is 2.32. The third kappa shape index (κ3) is 2.14. The van der Waals surface area contributed by atoms with Crippen molar-refractivity contribution in [3.8, 4) is 0 Å². The van der Waals surface area contributed by atoms with Crippen LogP contribution in [0.15, 0.2) is 48.0 Å². The molecule has 3 aromatic rings. The molecule has 0 fully saturated rings. The highest BCUT2D eigenvalue weighted by molar-refractivity contribution is 7.10. The van der Waals surface area contributed by atoms with Crippen LogP contribution in [0.3, 0.4) is 0 Å². The summed E-state index contributed by atoms with van der Waals surface area (Å²) in [4.78, 5) is 5.65. The smallest absolute Gasteiger partial charge is 0.0811 e. The number of benzene rings is 1. The second-order valence-corrected chi connectivity index (χ2v) is 5.43. The Labute approximate surface area is 116 Å². The number of pyridine rings is 1. The number of nitrogens with two attached hydrogens (primary N) is 1. The summed E-state index contributed by atoms with van der Waals surface area (Å²) in [7, 11) is 0. The number of hydrogen-bond donors (Lipinski definition) is 2. The van der Waals surface area contributed by atoms with Crippen LogP contribution in [0.4, 0.5) is 0 Å². The molecule has 19 heavy (non-hydrogen) atoms.